The van der Waals surface area contributed by atoms with Crippen molar-refractivity contribution in [3.05, 3.63) is 69.2 Å². The fraction of sp³-hybridized carbons (Fsp3) is 0.0625. The number of nitrogens with two attached hydrogens (primary N) is 1. The van der Waals surface area contributed by atoms with E-state index in [-0.39, 0.29) is 28.3 Å². The molecule has 3 rings (SSSR count). The highest BCUT2D eigenvalue weighted by atomic mass is 35.5. The lowest BCUT2D eigenvalue weighted by Crippen LogP contribution is -2.19. The number of nitro benzene ring substituents is 1. The van der Waals surface area contributed by atoms with Crippen LogP contribution in [0.3, 0.4) is 0 Å². The van der Waals surface area contributed by atoms with E-state index in [1.54, 1.807) is 24.3 Å². The summed E-state index contributed by atoms with van der Waals surface area (Å²) >= 11 is 7.17. The summed E-state index contributed by atoms with van der Waals surface area (Å²) < 4.78 is 0. The maximum atomic E-state index is 12.9. The highest BCUT2D eigenvalue weighted by Gasteiger charge is 2.25. The molecule has 9 nitrogen and oxygen atoms in total. The van der Waals surface area contributed by atoms with Gasteiger partial charge in [-0.05, 0) is 11.6 Å². The lowest BCUT2D eigenvalue weighted by atomic mass is 10.1. The normalized spacial score (nSPS) is 11.7. The lowest BCUT2D eigenvalue weighted by molar-refractivity contribution is -0.384. The molecule has 1 atom stereocenters. The molecule has 0 spiro atoms. The molecule has 138 valence electrons. The molecule has 0 saturated carbocycles. The molecule has 0 saturated heterocycles. The SMILES string of the molecule is Nc1nc(S[C@@H](C(=O)Nc2ccc([N+](=O)[O-])cc2Cl)c2ccccc2)n[nH]1. The van der Waals surface area contributed by atoms with Crippen molar-refractivity contribution in [2.45, 2.75) is 10.4 Å². The van der Waals surface area contributed by atoms with Gasteiger partial charge in [-0.15, -0.1) is 5.10 Å². The van der Waals surface area contributed by atoms with E-state index in [4.69, 9.17) is 17.3 Å². The molecule has 1 aromatic heterocycles. The average Bonchev–Trinajstić information content (AvgIpc) is 3.07. The summed E-state index contributed by atoms with van der Waals surface area (Å²) in [5.74, 6) is -0.242. The molecule has 0 aliphatic rings. The number of aromatic nitrogens is 3. The number of rotatable bonds is 6. The second-order valence-corrected chi connectivity index (χ2v) is 6.80. The molecule has 1 heterocycles. The first kappa shape index (κ1) is 18.7. The molecule has 1 amide bonds. The van der Waals surface area contributed by atoms with Gasteiger partial charge in [0, 0.05) is 12.1 Å². The molecule has 0 aliphatic carbocycles. The zero-order chi connectivity index (χ0) is 19.4. The van der Waals surface area contributed by atoms with Crippen LogP contribution in [0.15, 0.2) is 53.7 Å². The lowest BCUT2D eigenvalue weighted by Gasteiger charge is -2.16. The number of anilines is 2. The summed E-state index contributed by atoms with van der Waals surface area (Å²) in [4.78, 5) is 27.1. The second-order valence-electron chi connectivity index (χ2n) is 5.32. The topological polar surface area (TPSA) is 140 Å². The van der Waals surface area contributed by atoms with E-state index in [2.05, 4.69) is 20.5 Å². The van der Waals surface area contributed by atoms with Crippen LogP contribution in [-0.4, -0.2) is 26.0 Å². The van der Waals surface area contributed by atoms with Crippen LogP contribution in [0.25, 0.3) is 0 Å². The largest absolute Gasteiger partial charge is 0.368 e. The Morgan fingerprint density at radius 1 is 1.30 bits per heavy atom. The molecular weight excluding hydrogens is 392 g/mol. The first-order chi connectivity index (χ1) is 12.9. The number of carbonyl (C=O) groups is 1. The van der Waals surface area contributed by atoms with Crippen molar-refractivity contribution < 1.29 is 9.72 Å². The van der Waals surface area contributed by atoms with Crippen LogP contribution in [0.5, 0.6) is 0 Å². The Labute approximate surface area is 162 Å². The van der Waals surface area contributed by atoms with Crippen LogP contribution >= 0.6 is 23.4 Å². The quantitative estimate of drug-likeness (QED) is 0.324. The summed E-state index contributed by atoms with van der Waals surface area (Å²) in [6.07, 6.45) is 0. The van der Waals surface area contributed by atoms with Crippen molar-refractivity contribution in [1.82, 2.24) is 15.2 Å². The minimum absolute atomic E-state index is 0.0662. The number of H-pyrrole nitrogens is 1. The van der Waals surface area contributed by atoms with Crippen LogP contribution in [0.1, 0.15) is 10.8 Å². The van der Waals surface area contributed by atoms with Crippen LogP contribution in [0.4, 0.5) is 17.3 Å². The van der Waals surface area contributed by atoms with Gasteiger partial charge in [-0.3, -0.25) is 14.9 Å². The van der Waals surface area contributed by atoms with Gasteiger partial charge in [-0.2, -0.15) is 4.98 Å². The molecule has 27 heavy (non-hydrogen) atoms. The van der Waals surface area contributed by atoms with E-state index in [1.807, 2.05) is 6.07 Å². The second kappa shape index (κ2) is 8.06. The first-order valence-corrected chi connectivity index (χ1v) is 8.84. The Hall–Kier alpha value is -3.11. The molecule has 3 aromatic rings. The number of carbonyl (C=O) groups excluding carboxylic acids is 1. The number of nitrogens with one attached hydrogen (secondary N) is 2. The van der Waals surface area contributed by atoms with Gasteiger partial charge in [-0.1, -0.05) is 53.7 Å². The summed E-state index contributed by atoms with van der Waals surface area (Å²) in [7, 11) is 0. The Morgan fingerprint density at radius 2 is 2.04 bits per heavy atom. The number of halogens is 1. The minimum Gasteiger partial charge on any atom is -0.368 e. The van der Waals surface area contributed by atoms with E-state index >= 15 is 0 Å². The van der Waals surface area contributed by atoms with E-state index in [0.29, 0.717) is 5.16 Å². The average molecular weight is 405 g/mol. The maximum absolute atomic E-state index is 12.9. The van der Waals surface area contributed by atoms with Crippen molar-refractivity contribution in [2.75, 3.05) is 11.1 Å². The molecular formula is C16H13ClN6O3S. The molecule has 0 unspecified atom stereocenters. The number of thioether (sulfide) groups is 1. The number of benzene rings is 2. The van der Waals surface area contributed by atoms with Gasteiger partial charge >= 0.3 is 0 Å². The predicted octanol–water partition coefficient (Wildman–Crippen LogP) is 3.42. The van der Waals surface area contributed by atoms with Crippen molar-refractivity contribution in [3.63, 3.8) is 0 Å². The first-order valence-electron chi connectivity index (χ1n) is 7.58. The maximum Gasteiger partial charge on any atom is 0.271 e. The molecule has 4 N–H and O–H groups in total. The third kappa shape index (κ3) is 4.54. The van der Waals surface area contributed by atoms with Gasteiger partial charge in [-0.25, -0.2) is 5.10 Å². The fourth-order valence-corrected chi connectivity index (χ4v) is 3.38. The van der Waals surface area contributed by atoms with E-state index in [1.165, 1.54) is 18.2 Å². The number of hydrogen-bond donors (Lipinski definition) is 3. The van der Waals surface area contributed by atoms with Crippen LogP contribution < -0.4 is 11.1 Å². The fourth-order valence-electron chi connectivity index (χ4n) is 2.23. The zero-order valence-electron chi connectivity index (χ0n) is 13.6. The van der Waals surface area contributed by atoms with Gasteiger partial charge < -0.3 is 11.1 Å². The van der Waals surface area contributed by atoms with E-state index in [9.17, 15) is 14.9 Å². The molecule has 0 aliphatic heterocycles. The Kier molecular flexibility index (Phi) is 5.57. The van der Waals surface area contributed by atoms with Crippen LogP contribution in [0.2, 0.25) is 5.02 Å². The van der Waals surface area contributed by atoms with Gasteiger partial charge in [0.2, 0.25) is 17.0 Å². The predicted molar refractivity (Wildman–Crippen MR) is 103 cm³/mol. The van der Waals surface area contributed by atoms with Gasteiger partial charge in [0.1, 0.15) is 5.25 Å². The third-order valence-electron chi connectivity index (χ3n) is 3.47. The number of amides is 1. The van der Waals surface area contributed by atoms with E-state index < -0.39 is 10.2 Å². The third-order valence-corrected chi connectivity index (χ3v) is 4.90. The van der Waals surface area contributed by atoms with E-state index in [0.717, 1.165) is 17.3 Å². The standard InChI is InChI=1S/C16H13ClN6O3S/c17-11-8-10(23(25)26)6-7-12(11)19-14(24)13(9-4-2-1-3-5-9)27-16-20-15(18)21-22-16/h1-8,13H,(H,19,24)(H3,18,20,21,22)/t13-/m1/s1. The van der Waals surface area contributed by atoms with Crippen molar-refractivity contribution in [3.8, 4) is 0 Å². The molecule has 0 radical (unpaired) electrons. The molecule has 0 bridgehead atoms. The molecule has 11 heteroatoms. The van der Waals surface area contributed by atoms with Crippen molar-refractivity contribution in [2.24, 2.45) is 0 Å². The Morgan fingerprint density at radius 3 is 2.63 bits per heavy atom. The number of nitrogens with zero attached hydrogens (tertiary/aromatic N) is 3. The number of hydrogen-bond acceptors (Lipinski definition) is 7. The number of nitrogen functional groups attached to an aromatic ring is 1. The van der Waals surface area contributed by atoms with Gasteiger partial charge in [0.15, 0.2) is 0 Å². The summed E-state index contributed by atoms with van der Waals surface area (Å²) in [6, 6.07) is 12.9. The summed E-state index contributed by atoms with van der Waals surface area (Å²) in [5.41, 5.74) is 6.36. The smallest absolute Gasteiger partial charge is 0.271 e. The van der Waals surface area contributed by atoms with Crippen LogP contribution in [0, 0.1) is 10.1 Å². The summed E-state index contributed by atoms with van der Waals surface area (Å²) in [5, 5.41) is 19.7. The Balaban J connectivity index is 1.86. The molecule has 0 fully saturated rings. The number of non-ortho nitro benzene ring substituents is 1. The molecule has 2 aromatic carbocycles. The van der Waals surface area contributed by atoms with Crippen molar-refractivity contribution >= 4 is 46.6 Å². The highest BCUT2D eigenvalue weighted by Crippen LogP contribution is 2.35. The summed E-state index contributed by atoms with van der Waals surface area (Å²) in [6.45, 7) is 0. The number of nitro groups is 1. The zero-order valence-corrected chi connectivity index (χ0v) is 15.2. The van der Waals surface area contributed by atoms with Crippen LogP contribution in [-0.2, 0) is 4.79 Å². The highest BCUT2D eigenvalue weighted by molar-refractivity contribution is 8.00. The van der Waals surface area contributed by atoms with Crippen molar-refractivity contribution in [1.29, 1.82) is 0 Å². The van der Waals surface area contributed by atoms with Gasteiger partial charge in [0.25, 0.3) is 5.69 Å². The monoisotopic (exact) mass is 404 g/mol. The number of aromatic amines is 1. The van der Waals surface area contributed by atoms with Gasteiger partial charge in [0.05, 0.1) is 15.6 Å². The minimum atomic E-state index is -0.687. The Bertz CT molecular complexity index is 981.